The highest BCUT2D eigenvalue weighted by molar-refractivity contribution is 7.88. The van der Waals surface area contributed by atoms with E-state index in [0.29, 0.717) is 6.54 Å². The molecule has 0 amide bonds. The number of rotatable bonds is 5. The Kier molecular flexibility index (Phi) is 6.11. The van der Waals surface area contributed by atoms with E-state index >= 15 is 0 Å². The summed E-state index contributed by atoms with van der Waals surface area (Å²) in [5.74, 6) is -1.24. The number of sulfonamides is 1. The van der Waals surface area contributed by atoms with Crippen LogP contribution in [0.2, 0.25) is 0 Å². The van der Waals surface area contributed by atoms with Gasteiger partial charge in [0.25, 0.3) is 0 Å². The van der Waals surface area contributed by atoms with Crippen LogP contribution in [0.15, 0.2) is 23.2 Å². The Labute approximate surface area is 140 Å². The summed E-state index contributed by atoms with van der Waals surface area (Å²) in [7, 11) is -3.29. The maximum Gasteiger partial charge on any atom is 0.208 e. The molecular weight excluding hydrogens is 338 g/mol. The summed E-state index contributed by atoms with van der Waals surface area (Å²) in [4.78, 5) is 4.15. The predicted molar refractivity (Wildman–Crippen MR) is 90.2 cm³/mol. The maximum atomic E-state index is 13.6. The van der Waals surface area contributed by atoms with Gasteiger partial charge in [-0.2, -0.15) is 0 Å². The Morgan fingerprint density at radius 2 is 2.04 bits per heavy atom. The highest BCUT2D eigenvalue weighted by Gasteiger charge is 2.27. The minimum Gasteiger partial charge on any atom is -0.370 e. The number of nitrogens with one attached hydrogen (secondary N) is 2. The van der Waals surface area contributed by atoms with Crippen molar-refractivity contribution < 1.29 is 17.2 Å². The van der Waals surface area contributed by atoms with Gasteiger partial charge in [0.1, 0.15) is 11.6 Å². The van der Waals surface area contributed by atoms with Gasteiger partial charge < -0.3 is 11.1 Å². The number of hydrogen-bond acceptors (Lipinski definition) is 3. The van der Waals surface area contributed by atoms with Crippen molar-refractivity contribution >= 4 is 21.7 Å². The number of aliphatic imine (C=N–C) groups is 1. The summed E-state index contributed by atoms with van der Waals surface area (Å²) in [6.45, 7) is 0.308. The molecule has 1 aliphatic carbocycles. The minimum atomic E-state index is -3.29. The lowest BCUT2D eigenvalue weighted by molar-refractivity contribution is 0.297. The molecule has 24 heavy (non-hydrogen) atoms. The first-order chi connectivity index (χ1) is 11.2. The quantitative estimate of drug-likeness (QED) is 0.551. The first-order valence-corrected chi connectivity index (χ1v) is 9.63. The van der Waals surface area contributed by atoms with Crippen LogP contribution < -0.4 is 15.8 Å². The van der Waals surface area contributed by atoms with Gasteiger partial charge in [-0.1, -0.05) is 12.8 Å². The van der Waals surface area contributed by atoms with Crippen LogP contribution in [-0.2, 0) is 10.0 Å². The fourth-order valence-electron chi connectivity index (χ4n) is 2.84. The molecule has 2 atom stereocenters. The smallest absolute Gasteiger partial charge is 0.208 e. The molecule has 9 heteroatoms. The van der Waals surface area contributed by atoms with Crippen LogP contribution in [0.5, 0.6) is 0 Å². The molecule has 134 valence electrons. The summed E-state index contributed by atoms with van der Waals surface area (Å²) in [5.41, 5.74) is 5.63. The molecule has 0 aliphatic heterocycles. The third kappa shape index (κ3) is 5.72. The van der Waals surface area contributed by atoms with Crippen LogP contribution in [0.4, 0.5) is 14.5 Å². The van der Waals surface area contributed by atoms with E-state index in [1.807, 2.05) is 0 Å². The van der Waals surface area contributed by atoms with E-state index in [1.165, 1.54) is 0 Å². The van der Waals surface area contributed by atoms with Crippen molar-refractivity contribution in [3.63, 3.8) is 0 Å². The summed E-state index contributed by atoms with van der Waals surface area (Å²) in [6.07, 6.45) is 4.66. The summed E-state index contributed by atoms with van der Waals surface area (Å²) in [5, 5.41) is 2.53. The van der Waals surface area contributed by atoms with Gasteiger partial charge >= 0.3 is 0 Å². The second kappa shape index (κ2) is 7.89. The molecule has 0 heterocycles. The second-order valence-corrected chi connectivity index (χ2v) is 7.80. The third-order valence-corrected chi connectivity index (χ3v) is 4.69. The highest BCUT2D eigenvalue weighted by Crippen LogP contribution is 2.25. The number of benzene rings is 1. The maximum absolute atomic E-state index is 13.6. The lowest BCUT2D eigenvalue weighted by Crippen LogP contribution is -2.43. The molecule has 1 aromatic rings. The van der Waals surface area contributed by atoms with Crippen LogP contribution in [0.3, 0.4) is 0 Å². The van der Waals surface area contributed by atoms with Gasteiger partial charge in [0.05, 0.1) is 11.9 Å². The van der Waals surface area contributed by atoms with Crippen molar-refractivity contribution in [3.8, 4) is 0 Å². The van der Waals surface area contributed by atoms with Gasteiger partial charge in [-0.15, -0.1) is 0 Å². The van der Waals surface area contributed by atoms with Gasteiger partial charge in [-0.25, -0.2) is 21.9 Å². The lowest BCUT2D eigenvalue weighted by Gasteiger charge is -2.30. The fraction of sp³-hybridized carbons (Fsp3) is 0.533. The van der Waals surface area contributed by atoms with Crippen molar-refractivity contribution in [2.45, 2.75) is 31.7 Å². The molecule has 0 spiro atoms. The zero-order valence-electron chi connectivity index (χ0n) is 13.4. The van der Waals surface area contributed by atoms with E-state index < -0.39 is 21.7 Å². The zero-order valence-corrected chi connectivity index (χ0v) is 14.2. The van der Waals surface area contributed by atoms with Gasteiger partial charge in [-0.05, 0) is 30.9 Å². The van der Waals surface area contributed by atoms with E-state index in [1.54, 1.807) is 0 Å². The molecule has 1 saturated carbocycles. The molecule has 2 unspecified atom stereocenters. The zero-order chi connectivity index (χ0) is 17.7. The van der Waals surface area contributed by atoms with Crippen molar-refractivity contribution in [3.05, 3.63) is 29.8 Å². The predicted octanol–water partition coefficient (Wildman–Crippen LogP) is 1.80. The van der Waals surface area contributed by atoms with E-state index in [4.69, 9.17) is 5.73 Å². The molecule has 4 N–H and O–H groups in total. The average molecular weight is 360 g/mol. The van der Waals surface area contributed by atoms with Crippen LogP contribution in [0, 0.1) is 17.6 Å². The highest BCUT2D eigenvalue weighted by atomic mass is 32.2. The van der Waals surface area contributed by atoms with Gasteiger partial charge in [0.2, 0.25) is 10.0 Å². The van der Waals surface area contributed by atoms with E-state index in [9.17, 15) is 17.2 Å². The summed E-state index contributed by atoms with van der Waals surface area (Å²) < 4.78 is 52.2. The number of hydrogen-bond donors (Lipinski definition) is 3. The molecule has 0 bridgehead atoms. The number of nitrogens with zero attached hydrogens (tertiary/aromatic N) is 1. The first kappa shape index (κ1) is 18.6. The van der Waals surface area contributed by atoms with Crippen LogP contribution >= 0.6 is 0 Å². The number of nitrogens with two attached hydrogens (primary N) is 1. The fourth-order valence-corrected chi connectivity index (χ4v) is 3.70. The standard InChI is InChI=1S/C15H22F2N4O2S/c1-24(22,23)21-13-5-3-2-4-10(13)9-19-15(18)20-14-8-11(16)6-7-12(14)17/h6-8,10,13,21H,2-5,9H2,1H3,(H3,18,19,20). The molecule has 1 aromatic carbocycles. The normalized spacial score (nSPS) is 22.4. The summed E-state index contributed by atoms with van der Waals surface area (Å²) >= 11 is 0. The third-order valence-electron chi connectivity index (χ3n) is 3.96. The Morgan fingerprint density at radius 3 is 2.75 bits per heavy atom. The van der Waals surface area contributed by atoms with Crippen molar-refractivity contribution in [2.24, 2.45) is 16.6 Å². The SMILES string of the molecule is CS(=O)(=O)NC1CCCCC1CN=C(N)Nc1cc(F)ccc1F. The van der Waals surface area contributed by atoms with Gasteiger partial charge in [-0.3, -0.25) is 4.99 Å². The Morgan fingerprint density at radius 1 is 1.33 bits per heavy atom. The Balaban J connectivity index is 2.00. The average Bonchev–Trinajstić information content (AvgIpc) is 2.48. The molecule has 0 saturated heterocycles. The Bertz CT molecular complexity index is 709. The minimum absolute atomic E-state index is 0.0196. The largest absolute Gasteiger partial charge is 0.370 e. The Hall–Kier alpha value is -1.74. The van der Waals surface area contributed by atoms with Gasteiger partial charge in [0.15, 0.2) is 5.96 Å². The van der Waals surface area contributed by atoms with E-state index in [2.05, 4.69) is 15.0 Å². The second-order valence-electron chi connectivity index (χ2n) is 6.02. The molecule has 2 rings (SSSR count). The van der Waals surface area contributed by atoms with Crippen LogP contribution in [-0.4, -0.2) is 33.2 Å². The summed E-state index contributed by atoms with van der Waals surface area (Å²) in [6, 6.07) is 2.82. The van der Waals surface area contributed by atoms with Crippen LogP contribution in [0.1, 0.15) is 25.7 Å². The topological polar surface area (TPSA) is 96.6 Å². The van der Waals surface area contributed by atoms with Crippen LogP contribution in [0.25, 0.3) is 0 Å². The molecular formula is C15H22F2N4O2S. The molecule has 0 aromatic heterocycles. The van der Waals surface area contributed by atoms with E-state index in [-0.39, 0.29) is 23.6 Å². The lowest BCUT2D eigenvalue weighted by atomic mass is 9.85. The van der Waals surface area contributed by atoms with Crippen molar-refractivity contribution in [2.75, 3.05) is 18.1 Å². The number of guanidine groups is 1. The van der Waals surface area contributed by atoms with Gasteiger partial charge in [0, 0.05) is 18.7 Å². The number of halogens is 2. The van der Waals surface area contributed by atoms with Crippen molar-refractivity contribution in [1.29, 1.82) is 0 Å². The van der Waals surface area contributed by atoms with Crippen molar-refractivity contribution in [1.82, 2.24) is 4.72 Å². The molecule has 0 radical (unpaired) electrons. The molecule has 1 fully saturated rings. The molecule has 6 nitrogen and oxygen atoms in total. The van der Waals surface area contributed by atoms with E-state index in [0.717, 1.165) is 50.1 Å². The molecule has 1 aliphatic rings. The number of anilines is 1. The first-order valence-electron chi connectivity index (χ1n) is 7.74. The monoisotopic (exact) mass is 360 g/mol.